The molecule has 7 nitrogen and oxygen atoms in total. The Bertz CT molecular complexity index is 1200. The van der Waals surface area contributed by atoms with E-state index >= 15 is 0 Å². The molecule has 1 saturated carbocycles. The number of ether oxygens (including phenoxy) is 1. The molecule has 1 unspecified atom stereocenters. The zero-order valence-electron chi connectivity index (χ0n) is 18.3. The molecule has 0 radical (unpaired) electrons. The summed E-state index contributed by atoms with van der Waals surface area (Å²) in [4.78, 5) is 14.6. The molecule has 9 heteroatoms. The van der Waals surface area contributed by atoms with Crippen LogP contribution in [0, 0.1) is 11.7 Å². The van der Waals surface area contributed by atoms with Crippen LogP contribution in [-0.4, -0.2) is 49.6 Å². The van der Waals surface area contributed by atoms with Crippen molar-refractivity contribution in [3.05, 3.63) is 59.4 Å². The van der Waals surface area contributed by atoms with E-state index in [0.29, 0.717) is 23.3 Å². The van der Waals surface area contributed by atoms with Crippen molar-refractivity contribution in [1.82, 2.24) is 9.62 Å². The third kappa shape index (κ3) is 3.53. The average molecular weight is 475 g/mol. The maximum atomic E-state index is 14.3. The standard InChI is InChI=1S/C24H27FN2O5S/c1-2-19(27-11-5-6-12-27)17-13-15(25)9-10-21(17)33(30,31)26-24(23(28)29)18-14-32-20-8-4-3-7-16(20)22(18)24/h3-4,7-10,13,18-19,22,26H,2,5-6,11-12,14H2,1H3,(H,28,29)/t18-,19+,22-,24?/m0/s1. The number of hydrogen-bond acceptors (Lipinski definition) is 5. The number of aliphatic carboxylic acids is 1. The molecule has 0 bridgehead atoms. The molecule has 2 aromatic rings. The van der Waals surface area contributed by atoms with Crippen LogP contribution in [0.25, 0.3) is 0 Å². The van der Waals surface area contributed by atoms with E-state index in [4.69, 9.17) is 4.74 Å². The molecule has 0 amide bonds. The van der Waals surface area contributed by atoms with Crippen LogP contribution in [0.5, 0.6) is 5.75 Å². The SMILES string of the molecule is CC[C@H](c1cc(F)ccc1S(=O)(=O)NC1(C(=O)O)[C@H]2COc3ccccc3[C@@H]21)N1CCCC1. The Hall–Kier alpha value is -2.49. The fourth-order valence-electron chi connectivity index (χ4n) is 5.70. The number of hydrogen-bond donors (Lipinski definition) is 2. The summed E-state index contributed by atoms with van der Waals surface area (Å²) in [6.07, 6.45) is 2.64. The number of carbonyl (C=O) groups is 1. The predicted octanol–water partition coefficient (Wildman–Crippen LogP) is 3.28. The van der Waals surface area contributed by atoms with Crippen molar-refractivity contribution in [2.24, 2.45) is 5.92 Å². The molecular weight excluding hydrogens is 447 g/mol. The zero-order valence-corrected chi connectivity index (χ0v) is 19.1. The van der Waals surface area contributed by atoms with E-state index in [2.05, 4.69) is 9.62 Å². The molecule has 0 aromatic heterocycles. The van der Waals surface area contributed by atoms with Crippen molar-refractivity contribution >= 4 is 16.0 Å². The Morgan fingerprint density at radius 1 is 1.27 bits per heavy atom. The number of sulfonamides is 1. The van der Waals surface area contributed by atoms with E-state index in [-0.39, 0.29) is 17.5 Å². The number of benzene rings is 2. The highest BCUT2D eigenvalue weighted by Crippen LogP contribution is 2.62. The van der Waals surface area contributed by atoms with Gasteiger partial charge in [0.25, 0.3) is 0 Å². The first-order chi connectivity index (χ1) is 15.8. The molecule has 2 fully saturated rings. The predicted molar refractivity (Wildman–Crippen MR) is 119 cm³/mol. The van der Waals surface area contributed by atoms with Crippen molar-refractivity contribution < 1.29 is 27.4 Å². The second kappa shape index (κ2) is 8.07. The molecule has 5 rings (SSSR count). The summed E-state index contributed by atoms with van der Waals surface area (Å²) in [5.41, 5.74) is -0.652. The van der Waals surface area contributed by atoms with Gasteiger partial charge < -0.3 is 9.84 Å². The van der Waals surface area contributed by atoms with E-state index < -0.39 is 39.2 Å². The van der Waals surface area contributed by atoms with Gasteiger partial charge in [-0.3, -0.25) is 9.69 Å². The van der Waals surface area contributed by atoms with Crippen molar-refractivity contribution in [3.63, 3.8) is 0 Å². The van der Waals surface area contributed by atoms with Gasteiger partial charge in [0.05, 0.1) is 11.5 Å². The number of nitrogens with one attached hydrogen (secondary N) is 1. The summed E-state index contributed by atoms with van der Waals surface area (Å²) in [6, 6.07) is 10.5. The smallest absolute Gasteiger partial charge is 0.326 e. The van der Waals surface area contributed by atoms with Crippen molar-refractivity contribution in [1.29, 1.82) is 0 Å². The van der Waals surface area contributed by atoms with E-state index in [1.807, 2.05) is 6.92 Å². The molecule has 176 valence electrons. The molecule has 2 aliphatic heterocycles. The van der Waals surface area contributed by atoms with E-state index in [1.54, 1.807) is 24.3 Å². The Kier molecular flexibility index (Phi) is 5.46. The van der Waals surface area contributed by atoms with Gasteiger partial charge in [-0.25, -0.2) is 12.8 Å². The highest BCUT2D eigenvalue weighted by molar-refractivity contribution is 7.89. The summed E-state index contributed by atoms with van der Waals surface area (Å²) in [5.74, 6) is -2.24. The van der Waals surface area contributed by atoms with Gasteiger partial charge in [0, 0.05) is 23.4 Å². The molecular formula is C24H27FN2O5S. The summed E-state index contributed by atoms with van der Waals surface area (Å²) in [7, 11) is -4.27. The molecule has 33 heavy (non-hydrogen) atoms. The molecule has 2 heterocycles. The number of nitrogens with zero attached hydrogens (tertiary/aromatic N) is 1. The van der Waals surface area contributed by atoms with Crippen LogP contribution in [0.3, 0.4) is 0 Å². The van der Waals surface area contributed by atoms with Crippen LogP contribution in [0.4, 0.5) is 4.39 Å². The highest BCUT2D eigenvalue weighted by atomic mass is 32.2. The van der Waals surface area contributed by atoms with Crippen LogP contribution < -0.4 is 9.46 Å². The number of halogens is 1. The van der Waals surface area contributed by atoms with Gasteiger partial charge in [-0.2, -0.15) is 4.72 Å². The third-order valence-electron chi connectivity index (χ3n) is 7.29. The van der Waals surface area contributed by atoms with Crippen LogP contribution in [0.2, 0.25) is 0 Å². The first-order valence-corrected chi connectivity index (χ1v) is 12.8. The van der Waals surface area contributed by atoms with Gasteiger partial charge in [-0.15, -0.1) is 0 Å². The number of carboxylic acids is 1. The minimum Gasteiger partial charge on any atom is -0.493 e. The van der Waals surface area contributed by atoms with Crippen molar-refractivity contribution in [2.45, 2.75) is 48.6 Å². The number of carboxylic acid groups (broad SMARTS) is 1. The zero-order chi connectivity index (χ0) is 23.4. The quantitative estimate of drug-likeness (QED) is 0.640. The Balaban J connectivity index is 1.54. The molecule has 1 aliphatic carbocycles. The largest absolute Gasteiger partial charge is 0.493 e. The van der Waals surface area contributed by atoms with E-state index in [0.717, 1.165) is 32.0 Å². The van der Waals surface area contributed by atoms with Crippen molar-refractivity contribution in [2.75, 3.05) is 19.7 Å². The minimum atomic E-state index is -4.27. The normalized spacial score (nSPS) is 27.3. The average Bonchev–Trinajstić information content (AvgIpc) is 3.13. The van der Waals surface area contributed by atoms with E-state index in [9.17, 15) is 22.7 Å². The first kappa shape index (κ1) is 22.3. The highest BCUT2D eigenvalue weighted by Gasteiger charge is 2.74. The summed E-state index contributed by atoms with van der Waals surface area (Å²) < 4.78 is 49.8. The molecule has 2 N–H and O–H groups in total. The molecule has 0 spiro atoms. The molecule has 4 atom stereocenters. The molecule has 1 saturated heterocycles. The second-order valence-electron chi connectivity index (χ2n) is 9.06. The van der Waals surface area contributed by atoms with Crippen LogP contribution >= 0.6 is 0 Å². The lowest BCUT2D eigenvalue weighted by Crippen LogP contribution is -2.46. The van der Waals surface area contributed by atoms with E-state index in [1.165, 1.54) is 12.1 Å². The van der Waals surface area contributed by atoms with Gasteiger partial charge in [-0.05, 0) is 62.2 Å². The summed E-state index contributed by atoms with van der Waals surface area (Å²) >= 11 is 0. The monoisotopic (exact) mass is 474 g/mol. The lowest BCUT2D eigenvalue weighted by molar-refractivity contribution is -0.140. The molecule has 3 aliphatic rings. The first-order valence-electron chi connectivity index (χ1n) is 11.3. The maximum Gasteiger partial charge on any atom is 0.326 e. The number of likely N-dealkylation sites (tertiary alicyclic amines) is 1. The minimum absolute atomic E-state index is 0.0684. The van der Waals surface area contributed by atoms with Crippen LogP contribution in [-0.2, 0) is 14.8 Å². The van der Waals surface area contributed by atoms with Crippen LogP contribution in [0.15, 0.2) is 47.4 Å². The summed E-state index contributed by atoms with van der Waals surface area (Å²) in [5, 5.41) is 10.2. The Morgan fingerprint density at radius 2 is 2.00 bits per heavy atom. The fourth-order valence-corrected chi connectivity index (χ4v) is 7.37. The molecule has 2 aromatic carbocycles. The Morgan fingerprint density at radius 3 is 2.70 bits per heavy atom. The topological polar surface area (TPSA) is 95.9 Å². The number of para-hydroxylation sites is 1. The fraction of sp³-hybridized carbons (Fsp3) is 0.458. The third-order valence-corrected chi connectivity index (χ3v) is 8.84. The van der Waals surface area contributed by atoms with Crippen molar-refractivity contribution in [3.8, 4) is 5.75 Å². The number of fused-ring (bicyclic) bond motifs is 3. The van der Waals surface area contributed by atoms with Gasteiger partial charge in [0.15, 0.2) is 0 Å². The maximum absolute atomic E-state index is 14.3. The number of rotatable bonds is 7. The lowest BCUT2D eigenvalue weighted by atomic mass is 10.0. The van der Waals surface area contributed by atoms with Gasteiger partial charge in [0.2, 0.25) is 10.0 Å². The second-order valence-corrected chi connectivity index (χ2v) is 10.7. The van der Waals surface area contributed by atoms with Crippen LogP contribution in [0.1, 0.15) is 49.3 Å². The van der Waals surface area contributed by atoms with Gasteiger partial charge >= 0.3 is 5.97 Å². The summed E-state index contributed by atoms with van der Waals surface area (Å²) in [6.45, 7) is 3.69. The van der Waals surface area contributed by atoms with Gasteiger partial charge in [-0.1, -0.05) is 25.1 Å². The lowest BCUT2D eigenvalue weighted by Gasteiger charge is -2.29. The Labute approximate surface area is 192 Å². The van der Waals surface area contributed by atoms with Gasteiger partial charge in [0.1, 0.15) is 17.1 Å².